The van der Waals surface area contributed by atoms with Crippen molar-refractivity contribution in [1.82, 2.24) is 5.09 Å². The molecule has 0 spiro atoms. The van der Waals surface area contributed by atoms with Crippen molar-refractivity contribution < 1.29 is 9.46 Å². The molecule has 0 amide bonds. The molecule has 74 valence electrons. The molecule has 0 aromatic rings. The van der Waals surface area contributed by atoms with Crippen LogP contribution >= 0.6 is 52.7 Å². The van der Waals surface area contributed by atoms with Crippen LogP contribution in [0, 0.1) is 5.92 Å². The Bertz CT molecular complexity index is 177. The van der Waals surface area contributed by atoms with Gasteiger partial charge in [0.15, 0.2) is 1.67 Å². The van der Waals surface area contributed by atoms with E-state index in [1.165, 1.54) is 0 Å². The molecule has 12 heavy (non-hydrogen) atoms. The van der Waals surface area contributed by atoms with Crippen LogP contribution in [0.25, 0.3) is 0 Å². The van der Waals surface area contributed by atoms with Crippen LogP contribution in [0.3, 0.4) is 0 Å². The molecule has 3 nitrogen and oxygen atoms in total. The summed E-state index contributed by atoms with van der Waals surface area (Å²) in [6.45, 7) is 4.75. The maximum absolute atomic E-state index is 11.4. The van der Waals surface area contributed by atoms with Gasteiger partial charge in [0.25, 0.3) is 7.52 Å². The van der Waals surface area contributed by atoms with E-state index < -0.39 is 7.52 Å². The number of nitrogens with one attached hydrogen (secondary N) is 1. The van der Waals surface area contributed by atoms with Crippen molar-refractivity contribution in [1.29, 1.82) is 0 Å². The van der Waals surface area contributed by atoms with Crippen LogP contribution in [0.1, 0.15) is 20.3 Å². The third-order valence-electron chi connectivity index (χ3n) is 1.63. The van der Waals surface area contributed by atoms with Crippen LogP contribution in [0.4, 0.5) is 0 Å². The van der Waals surface area contributed by atoms with Crippen LogP contribution in [0.5, 0.6) is 0 Å². The summed E-state index contributed by atoms with van der Waals surface area (Å²) in [5.74, 6) is 0.456. The molecule has 0 saturated heterocycles. The quantitative estimate of drug-likeness (QED) is 0.411. The fourth-order valence-electron chi connectivity index (χ4n) is 0.500. The lowest BCUT2D eigenvalue weighted by molar-refractivity contribution is 0.453. The molecule has 0 aliphatic carbocycles. The van der Waals surface area contributed by atoms with Gasteiger partial charge in [-0.3, -0.25) is 4.57 Å². The van der Waals surface area contributed by atoms with Gasteiger partial charge in [-0.15, -0.1) is 0 Å². The maximum atomic E-state index is 11.4. The standard InChI is InChI=1S/C6H14I2NO2P/c1-3-5(2)4-9-12(10,11)6(7)8/h5-6H,3-4H2,1-2H3,(H2,9,10,11). The Morgan fingerprint density at radius 3 is 2.42 bits per heavy atom. The summed E-state index contributed by atoms with van der Waals surface area (Å²) >= 11 is 3.91. The molecule has 0 bridgehead atoms. The number of alkyl halides is 2. The van der Waals surface area contributed by atoms with Gasteiger partial charge in [-0.1, -0.05) is 65.5 Å². The first kappa shape index (κ1) is 13.6. The first-order chi connectivity index (χ1) is 5.40. The summed E-state index contributed by atoms with van der Waals surface area (Å²) in [6.07, 6.45) is 1.03. The van der Waals surface area contributed by atoms with Gasteiger partial charge in [0, 0.05) is 6.54 Å². The molecule has 0 aliphatic rings. The number of halogens is 2. The molecule has 0 heterocycles. The molecule has 0 aromatic heterocycles. The predicted molar refractivity (Wildman–Crippen MR) is 69.1 cm³/mol. The highest BCUT2D eigenvalue weighted by Crippen LogP contribution is 2.49. The lowest BCUT2D eigenvalue weighted by atomic mass is 10.1. The maximum Gasteiger partial charge on any atom is 0.289 e. The minimum Gasteiger partial charge on any atom is -0.332 e. The molecule has 2 atom stereocenters. The molecule has 6 heteroatoms. The normalized spacial score (nSPS) is 19.2. The van der Waals surface area contributed by atoms with Crippen molar-refractivity contribution in [2.45, 2.75) is 21.9 Å². The highest BCUT2D eigenvalue weighted by atomic mass is 127. The number of hydrogen-bond acceptors (Lipinski definition) is 1. The average Bonchev–Trinajstić information content (AvgIpc) is 2.00. The fourth-order valence-corrected chi connectivity index (χ4v) is 2.39. The van der Waals surface area contributed by atoms with Gasteiger partial charge in [-0.05, 0) is 5.92 Å². The Morgan fingerprint density at radius 1 is 1.58 bits per heavy atom. The summed E-state index contributed by atoms with van der Waals surface area (Å²) in [4.78, 5) is 9.37. The smallest absolute Gasteiger partial charge is 0.289 e. The highest BCUT2D eigenvalue weighted by molar-refractivity contribution is 14.2. The molecule has 0 radical (unpaired) electrons. The molecule has 0 aromatic carbocycles. The molecular formula is C6H14I2NO2P. The Hall–Kier alpha value is 1.61. The van der Waals surface area contributed by atoms with E-state index in [1.807, 2.05) is 45.2 Å². The molecule has 0 aliphatic heterocycles. The Balaban J connectivity index is 3.84. The minimum absolute atomic E-state index is 0.253. The first-order valence-corrected chi connectivity index (χ1v) is 7.98. The van der Waals surface area contributed by atoms with Crippen molar-refractivity contribution in [2.24, 2.45) is 5.92 Å². The summed E-state index contributed by atoms with van der Waals surface area (Å²) in [5, 5.41) is 2.71. The van der Waals surface area contributed by atoms with E-state index in [4.69, 9.17) is 0 Å². The van der Waals surface area contributed by atoms with Gasteiger partial charge in [-0.25, -0.2) is 5.09 Å². The van der Waals surface area contributed by atoms with Crippen LogP contribution in [-0.2, 0) is 4.57 Å². The lowest BCUT2D eigenvalue weighted by Gasteiger charge is -2.16. The summed E-state index contributed by atoms with van der Waals surface area (Å²) in [6, 6.07) is 0. The third kappa shape index (κ3) is 5.36. The lowest BCUT2D eigenvalue weighted by Crippen LogP contribution is -2.20. The Labute approximate surface area is 101 Å². The van der Waals surface area contributed by atoms with Gasteiger partial charge in [0.2, 0.25) is 0 Å². The molecule has 2 unspecified atom stereocenters. The minimum atomic E-state index is -3.11. The van der Waals surface area contributed by atoms with Crippen LogP contribution in [-0.4, -0.2) is 13.1 Å². The van der Waals surface area contributed by atoms with E-state index in [0.29, 0.717) is 12.5 Å². The monoisotopic (exact) mass is 417 g/mol. The molecule has 0 fully saturated rings. The van der Waals surface area contributed by atoms with E-state index in [1.54, 1.807) is 0 Å². The van der Waals surface area contributed by atoms with E-state index in [2.05, 4.69) is 18.9 Å². The second-order valence-electron chi connectivity index (χ2n) is 2.78. The van der Waals surface area contributed by atoms with E-state index in [9.17, 15) is 9.46 Å². The topological polar surface area (TPSA) is 49.3 Å². The molecule has 2 N–H and O–H groups in total. The van der Waals surface area contributed by atoms with Crippen molar-refractivity contribution in [2.75, 3.05) is 6.54 Å². The zero-order valence-corrected chi connectivity index (χ0v) is 12.3. The van der Waals surface area contributed by atoms with Gasteiger partial charge in [-0.2, -0.15) is 0 Å². The Morgan fingerprint density at radius 2 is 2.08 bits per heavy atom. The molecular weight excluding hydrogens is 403 g/mol. The molecule has 0 saturated carbocycles. The Kier molecular flexibility index (Phi) is 6.99. The highest BCUT2D eigenvalue weighted by Gasteiger charge is 2.25. The fraction of sp³-hybridized carbons (Fsp3) is 1.00. The summed E-state index contributed by atoms with van der Waals surface area (Å²) in [5.41, 5.74) is 0. The van der Waals surface area contributed by atoms with Gasteiger partial charge in [0.05, 0.1) is 0 Å². The van der Waals surface area contributed by atoms with E-state index in [0.717, 1.165) is 6.42 Å². The van der Waals surface area contributed by atoms with Crippen LogP contribution in [0.15, 0.2) is 0 Å². The second-order valence-corrected chi connectivity index (χ2v) is 11.7. The van der Waals surface area contributed by atoms with Crippen LogP contribution < -0.4 is 5.09 Å². The first-order valence-electron chi connectivity index (χ1n) is 3.76. The van der Waals surface area contributed by atoms with Crippen molar-refractivity contribution >= 4 is 52.7 Å². The van der Waals surface area contributed by atoms with Crippen LogP contribution in [0.2, 0.25) is 0 Å². The SMILES string of the molecule is CCC(C)CNP(=O)(O)C(I)I. The largest absolute Gasteiger partial charge is 0.332 e. The summed E-state index contributed by atoms with van der Waals surface area (Å²) in [7, 11) is -3.11. The van der Waals surface area contributed by atoms with E-state index >= 15 is 0 Å². The predicted octanol–water partition coefficient (Wildman–Crippen LogP) is 2.96. The number of hydrogen-bond donors (Lipinski definition) is 2. The van der Waals surface area contributed by atoms with Gasteiger partial charge in [0.1, 0.15) is 0 Å². The second kappa shape index (κ2) is 6.16. The zero-order valence-electron chi connectivity index (χ0n) is 7.13. The number of rotatable bonds is 5. The van der Waals surface area contributed by atoms with E-state index in [-0.39, 0.29) is 1.67 Å². The van der Waals surface area contributed by atoms with Crippen molar-refractivity contribution in [3.8, 4) is 0 Å². The van der Waals surface area contributed by atoms with Crippen molar-refractivity contribution in [3.05, 3.63) is 0 Å². The summed E-state index contributed by atoms with van der Waals surface area (Å²) < 4.78 is 11.1. The average molecular weight is 417 g/mol. The molecule has 0 rings (SSSR count). The third-order valence-corrected chi connectivity index (χ3v) is 7.32. The van der Waals surface area contributed by atoms with Gasteiger partial charge < -0.3 is 4.89 Å². The zero-order chi connectivity index (χ0) is 9.78. The van der Waals surface area contributed by atoms with Crippen molar-refractivity contribution in [3.63, 3.8) is 0 Å². The van der Waals surface area contributed by atoms with Gasteiger partial charge >= 0.3 is 0 Å².